The maximum Gasteiger partial charge on any atom is 0.222 e. The molecule has 1 aromatic rings. The number of carbonyl (C=O) groups excluding carboxylic acids is 1. The maximum atomic E-state index is 13.3. The first-order chi connectivity index (χ1) is 8.95. The molecule has 3 nitrogen and oxygen atoms in total. The van der Waals surface area contributed by atoms with Gasteiger partial charge in [-0.2, -0.15) is 0 Å². The lowest BCUT2D eigenvalue weighted by molar-refractivity contribution is -0.124. The van der Waals surface area contributed by atoms with E-state index >= 15 is 0 Å². The van der Waals surface area contributed by atoms with Crippen LogP contribution in [0.25, 0.3) is 0 Å². The van der Waals surface area contributed by atoms with Crippen LogP contribution in [0.2, 0.25) is 0 Å². The molecular weight excluding hydrogens is 243 g/mol. The second-order valence-corrected chi connectivity index (χ2v) is 5.09. The van der Waals surface area contributed by atoms with E-state index < -0.39 is 0 Å². The highest BCUT2D eigenvalue weighted by Gasteiger charge is 2.17. The second-order valence-electron chi connectivity index (χ2n) is 5.09. The molecule has 1 amide bonds. The number of hydrogen-bond acceptors (Lipinski definition) is 2. The largest absolute Gasteiger partial charge is 0.354 e. The fraction of sp³-hybridized carbons (Fsp3) is 0.533. The summed E-state index contributed by atoms with van der Waals surface area (Å²) < 4.78 is 13.3. The van der Waals surface area contributed by atoms with Crippen LogP contribution in [-0.4, -0.2) is 31.4 Å². The predicted molar refractivity (Wildman–Crippen MR) is 75.3 cm³/mol. The zero-order valence-corrected chi connectivity index (χ0v) is 12.1. The Hall–Kier alpha value is -1.42. The average molecular weight is 266 g/mol. The number of amides is 1. The summed E-state index contributed by atoms with van der Waals surface area (Å²) in [6.07, 6.45) is 0.818. The minimum absolute atomic E-state index is 0.00956. The number of hydrogen-bond donors (Lipinski definition) is 1. The molecule has 0 aliphatic carbocycles. The van der Waals surface area contributed by atoms with Crippen molar-refractivity contribution in [3.8, 4) is 0 Å². The summed E-state index contributed by atoms with van der Waals surface area (Å²) in [5.41, 5.74) is 0.870. The molecular formula is C15H23FN2O. The molecule has 2 unspecified atom stereocenters. The summed E-state index contributed by atoms with van der Waals surface area (Å²) in [5, 5.41) is 2.93. The van der Waals surface area contributed by atoms with E-state index in [1.807, 2.05) is 38.9 Å². The number of carbonyl (C=O) groups is 1. The topological polar surface area (TPSA) is 32.3 Å². The molecule has 1 aromatic carbocycles. The first-order valence-electron chi connectivity index (χ1n) is 6.65. The summed E-state index contributed by atoms with van der Waals surface area (Å²) in [4.78, 5) is 13.8. The van der Waals surface area contributed by atoms with Crippen molar-refractivity contribution >= 4 is 5.91 Å². The van der Waals surface area contributed by atoms with E-state index in [9.17, 15) is 9.18 Å². The molecule has 0 radical (unpaired) electrons. The minimum Gasteiger partial charge on any atom is -0.354 e. The van der Waals surface area contributed by atoms with Crippen LogP contribution in [0.1, 0.15) is 31.9 Å². The molecule has 0 saturated carbocycles. The van der Waals surface area contributed by atoms with Gasteiger partial charge in [0.1, 0.15) is 5.82 Å². The summed E-state index contributed by atoms with van der Waals surface area (Å²) in [7, 11) is 3.84. The second kappa shape index (κ2) is 7.24. The Balaban J connectivity index is 2.72. The molecule has 0 bridgehead atoms. The van der Waals surface area contributed by atoms with Gasteiger partial charge in [-0.05, 0) is 38.2 Å². The third kappa shape index (κ3) is 4.63. The van der Waals surface area contributed by atoms with Gasteiger partial charge < -0.3 is 10.2 Å². The molecule has 0 aromatic heterocycles. The zero-order chi connectivity index (χ0) is 14.4. The predicted octanol–water partition coefficient (Wildman–Crippen LogP) is 2.59. The highest BCUT2D eigenvalue weighted by Crippen LogP contribution is 2.18. The molecule has 0 aliphatic rings. The van der Waals surface area contributed by atoms with Crippen molar-refractivity contribution in [3.63, 3.8) is 0 Å². The third-order valence-corrected chi connectivity index (χ3v) is 3.39. The Morgan fingerprint density at radius 3 is 2.63 bits per heavy atom. The van der Waals surface area contributed by atoms with Gasteiger partial charge in [0.15, 0.2) is 0 Å². The third-order valence-electron chi connectivity index (χ3n) is 3.39. The van der Waals surface area contributed by atoms with E-state index in [4.69, 9.17) is 0 Å². The van der Waals surface area contributed by atoms with Crippen molar-refractivity contribution in [3.05, 3.63) is 35.6 Å². The van der Waals surface area contributed by atoms with Crippen molar-refractivity contribution in [1.29, 1.82) is 0 Å². The number of likely N-dealkylation sites (N-methyl/N-ethyl adjacent to an activating group) is 1. The smallest absolute Gasteiger partial charge is 0.222 e. The molecule has 0 heterocycles. The lowest BCUT2D eigenvalue weighted by Crippen LogP contribution is -2.37. The van der Waals surface area contributed by atoms with Gasteiger partial charge in [-0.1, -0.05) is 26.0 Å². The number of rotatable bonds is 6. The average Bonchev–Trinajstić information content (AvgIpc) is 2.37. The van der Waals surface area contributed by atoms with Crippen LogP contribution in [-0.2, 0) is 4.79 Å². The van der Waals surface area contributed by atoms with Crippen molar-refractivity contribution < 1.29 is 9.18 Å². The van der Waals surface area contributed by atoms with Crippen LogP contribution in [0, 0.1) is 11.7 Å². The van der Waals surface area contributed by atoms with Gasteiger partial charge in [0.2, 0.25) is 5.91 Å². The molecule has 106 valence electrons. The SMILES string of the molecule is CCC(C)C(=O)NCC(c1cccc(F)c1)N(C)C. The van der Waals surface area contributed by atoms with Gasteiger partial charge in [0, 0.05) is 12.5 Å². The van der Waals surface area contributed by atoms with Gasteiger partial charge in [-0.15, -0.1) is 0 Å². The summed E-state index contributed by atoms with van der Waals surface area (Å²) >= 11 is 0. The van der Waals surface area contributed by atoms with Gasteiger partial charge in [-0.25, -0.2) is 4.39 Å². The Morgan fingerprint density at radius 1 is 1.42 bits per heavy atom. The minimum atomic E-state index is -0.252. The lowest BCUT2D eigenvalue weighted by atomic mass is 10.0. The summed E-state index contributed by atoms with van der Waals surface area (Å²) in [6, 6.07) is 6.48. The molecule has 0 spiro atoms. The van der Waals surface area contributed by atoms with Crippen LogP contribution in [0.4, 0.5) is 4.39 Å². The highest BCUT2D eigenvalue weighted by atomic mass is 19.1. The Bertz CT molecular complexity index is 420. The van der Waals surface area contributed by atoms with Gasteiger partial charge in [0.05, 0.1) is 6.04 Å². The summed E-state index contributed by atoms with van der Waals surface area (Å²) in [6.45, 7) is 4.38. The van der Waals surface area contributed by atoms with E-state index in [0.717, 1.165) is 12.0 Å². The molecule has 0 saturated heterocycles. The van der Waals surface area contributed by atoms with Crippen molar-refractivity contribution in [1.82, 2.24) is 10.2 Å². The number of halogens is 1. The van der Waals surface area contributed by atoms with Crippen LogP contribution in [0.3, 0.4) is 0 Å². The van der Waals surface area contributed by atoms with Crippen LogP contribution >= 0.6 is 0 Å². The summed E-state index contributed by atoms with van der Waals surface area (Å²) in [5.74, 6) is -0.196. The first kappa shape index (κ1) is 15.6. The van der Waals surface area contributed by atoms with Crippen LogP contribution in [0.5, 0.6) is 0 Å². The Labute approximate surface area is 114 Å². The van der Waals surface area contributed by atoms with E-state index in [-0.39, 0.29) is 23.7 Å². The molecule has 1 rings (SSSR count). The van der Waals surface area contributed by atoms with Crippen molar-refractivity contribution in [2.75, 3.05) is 20.6 Å². The van der Waals surface area contributed by atoms with E-state index in [1.54, 1.807) is 6.07 Å². The van der Waals surface area contributed by atoms with Crippen molar-refractivity contribution in [2.45, 2.75) is 26.3 Å². The molecule has 0 aliphatic heterocycles. The molecule has 4 heteroatoms. The zero-order valence-electron chi connectivity index (χ0n) is 12.1. The van der Waals surface area contributed by atoms with Crippen LogP contribution in [0.15, 0.2) is 24.3 Å². The number of nitrogens with zero attached hydrogens (tertiary/aromatic N) is 1. The standard InChI is InChI=1S/C15H23FN2O/c1-5-11(2)15(19)17-10-14(18(3)4)12-7-6-8-13(16)9-12/h6-9,11,14H,5,10H2,1-4H3,(H,17,19). The molecule has 19 heavy (non-hydrogen) atoms. The number of benzene rings is 1. The monoisotopic (exact) mass is 266 g/mol. The van der Waals surface area contributed by atoms with E-state index in [0.29, 0.717) is 6.54 Å². The van der Waals surface area contributed by atoms with E-state index in [1.165, 1.54) is 12.1 Å². The van der Waals surface area contributed by atoms with Crippen molar-refractivity contribution in [2.24, 2.45) is 5.92 Å². The Morgan fingerprint density at radius 2 is 2.11 bits per heavy atom. The van der Waals surface area contributed by atoms with E-state index in [2.05, 4.69) is 5.32 Å². The van der Waals surface area contributed by atoms with Gasteiger partial charge in [-0.3, -0.25) is 4.79 Å². The Kier molecular flexibility index (Phi) is 5.96. The molecule has 2 atom stereocenters. The van der Waals surface area contributed by atoms with Crippen LogP contribution < -0.4 is 5.32 Å². The number of nitrogens with one attached hydrogen (secondary N) is 1. The highest BCUT2D eigenvalue weighted by molar-refractivity contribution is 5.78. The first-order valence-corrected chi connectivity index (χ1v) is 6.65. The van der Waals surface area contributed by atoms with Gasteiger partial charge in [0.25, 0.3) is 0 Å². The van der Waals surface area contributed by atoms with Gasteiger partial charge >= 0.3 is 0 Å². The quantitative estimate of drug-likeness (QED) is 0.858. The normalized spacial score (nSPS) is 14.2. The fourth-order valence-electron chi connectivity index (χ4n) is 1.87. The lowest BCUT2D eigenvalue weighted by Gasteiger charge is -2.25. The fourth-order valence-corrected chi connectivity index (χ4v) is 1.87. The molecule has 1 N–H and O–H groups in total. The molecule has 0 fully saturated rings. The maximum absolute atomic E-state index is 13.3.